The van der Waals surface area contributed by atoms with Crippen molar-refractivity contribution in [3.05, 3.63) is 64.2 Å². The first kappa shape index (κ1) is 14.3. The highest BCUT2D eigenvalue weighted by atomic mass is 79.9. The molecule has 0 amide bonds. The van der Waals surface area contributed by atoms with Gasteiger partial charge in [0.15, 0.2) is 0 Å². The van der Waals surface area contributed by atoms with Gasteiger partial charge in [0.25, 0.3) is 5.69 Å². The van der Waals surface area contributed by atoms with Gasteiger partial charge in [-0.05, 0) is 19.1 Å². The van der Waals surface area contributed by atoms with Crippen molar-refractivity contribution in [3.63, 3.8) is 0 Å². The van der Waals surface area contributed by atoms with E-state index in [0.717, 1.165) is 16.3 Å². The highest BCUT2D eigenvalue weighted by Gasteiger charge is 2.38. The van der Waals surface area contributed by atoms with Gasteiger partial charge in [-0.25, -0.2) is 4.99 Å². The molecule has 1 atom stereocenters. The van der Waals surface area contributed by atoms with E-state index in [1.807, 2.05) is 31.2 Å². The van der Waals surface area contributed by atoms with Gasteiger partial charge in [0, 0.05) is 11.6 Å². The molecule has 21 heavy (non-hydrogen) atoms. The van der Waals surface area contributed by atoms with Crippen LogP contribution >= 0.6 is 27.7 Å². The second-order valence-electron chi connectivity index (χ2n) is 4.76. The molecule has 1 aliphatic rings. The summed E-state index contributed by atoms with van der Waals surface area (Å²) in [6, 6.07) is 14.6. The Morgan fingerprint density at radius 2 is 1.86 bits per heavy atom. The SMILES string of the molecule is CC1(Br)C(Sc2ccccc2[N+](=O)[O-])=Nc2ccccc21. The minimum atomic E-state index is -0.419. The topological polar surface area (TPSA) is 55.5 Å². The van der Waals surface area contributed by atoms with Gasteiger partial charge in [0.05, 0.1) is 24.9 Å². The normalized spacial score (nSPS) is 20.0. The summed E-state index contributed by atoms with van der Waals surface area (Å²) in [6.07, 6.45) is 0. The number of alkyl halides is 1. The lowest BCUT2D eigenvalue weighted by Gasteiger charge is -2.19. The largest absolute Gasteiger partial charge is 0.283 e. The maximum atomic E-state index is 11.1. The van der Waals surface area contributed by atoms with Crippen molar-refractivity contribution in [2.24, 2.45) is 4.99 Å². The zero-order valence-electron chi connectivity index (χ0n) is 11.1. The molecular formula is C15H11BrN2O2S. The summed E-state index contributed by atoms with van der Waals surface area (Å²) in [5.41, 5.74) is 2.08. The lowest BCUT2D eigenvalue weighted by atomic mass is 10.0. The van der Waals surface area contributed by atoms with Gasteiger partial charge in [-0.15, -0.1) is 0 Å². The molecule has 0 aromatic heterocycles. The Balaban J connectivity index is 2.00. The van der Waals surface area contributed by atoms with Gasteiger partial charge in [-0.2, -0.15) is 0 Å². The molecule has 6 heteroatoms. The van der Waals surface area contributed by atoms with E-state index >= 15 is 0 Å². The first-order valence-corrected chi connectivity index (χ1v) is 7.90. The van der Waals surface area contributed by atoms with Crippen LogP contribution in [-0.2, 0) is 4.32 Å². The Labute approximate surface area is 134 Å². The lowest BCUT2D eigenvalue weighted by molar-refractivity contribution is -0.387. The molecule has 0 N–H and O–H groups in total. The van der Waals surface area contributed by atoms with Crippen molar-refractivity contribution in [2.75, 3.05) is 0 Å². The molecule has 1 aliphatic heterocycles. The molecule has 1 heterocycles. The number of nitrogens with zero attached hydrogens (tertiary/aromatic N) is 2. The van der Waals surface area contributed by atoms with Gasteiger partial charge in [-0.1, -0.05) is 58.0 Å². The summed E-state index contributed by atoms with van der Waals surface area (Å²) in [7, 11) is 0. The summed E-state index contributed by atoms with van der Waals surface area (Å²) < 4.78 is -0.419. The van der Waals surface area contributed by atoms with Crippen LogP contribution in [0.15, 0.2) is 58.4 Å². The fourth-order valence-electron chi connectivity index (χ4n) is 2.21. The summed E-state index contributed by atoms with van der Waals surface area (Å²) in [4.78, 5) is 16.0. The van der Waals surface area contributed by atoms with Crippen molar-refractivity contribution in [1.82, 2.24) is 0 Å². The second kappa shape index (κ2) is 5.27. The fraction of sp³-hybridized carbons (Fsp3) is 0.133. The van der Waals surface area contributed by atoms with E-state index in [9.17, 15) is 10.1 Å². The second-order valence-corrected chi connectivity index (χ2v) is 7.38. The summed E-state index contributed by atoms with van der Waals surface area (Å²) >= 11 is 5.04. The predicted octanol–water partition coefficient (Wildman–Crippen LogP) is 5.04. The molecule has 0 radical (unpaired) electrons. The smallest absolute Gasteiger partial charge is 0.258 e. The van der Waals surface area contributed by atoms with Gasteiger partial charge < -0.3 is 0 Å². The number of para-hydroxylation sites is 2. The van der Waals surface area contributed by atoms with Crippen LogP contribution in [0.1, 0.15) is 12.5 Å². The first-order chi connectivity index (χ1) is 10.00. The van der Waals surface area contributed by atoms with E-state index in [1.54, 1.807) is 18.2 Å². The molecule has 4 nitrogen and oxygen atoms in total. The third-order valence-corrected chi connectivity index (χ3v) is 5.63. The monoisotopic (exact) mass is 362 g/mol. The number of hydrogen-bond acceptors (Lipinski definition) is 4. The van der Waals surface area contributed by atoms with Gasteiger partial charge in [0.2, 0.25) is 0 Å². The van der Waals surface area contributed by atoms with E-state index in [1.165, 1.54) is 17.8 Å². The molecule has 0 saturated heterocycles. The van der Waals surface area contributed by atoms with Crippen molar-refractivity contribution in [1.29, 1.82) is 0 Å². The van der Waals surface area contributed by atoms with E-state index in [4.69, 9.17) is 0 Å². The summed E-state index contributed by atoms with van der Waals surface area (Å²) in [5.74, 6) is 0. The molecule has 0 bridgehead atoms. The highest BCUT2D eigenvalue weighted by Crippen LogP contribution is 2.49. The number of hydrogen-bond donors (Lipinski definition) is 0. The average Bonchev–Trinajstić information content (AvgIpc) is 2.71. The summed E-state index contributed by atoms with van der Waals surface area (Å²) in [5, 5.41) is 11.9. The highest BCUT2D eigenvalue weighted by molar-refractivity contribution is 9.10. The van der Waals surface area contributed by atoms with Crippen LogP contribution < -0.4 is 0 Å². The summed E-state index contributed by atoms with van der Waals surface area (Å²) in [6.45, 7) is 2.01. The molecule has 1 unspecified atom stereocenters. The Hall–Kier alpha value is -1.66. The first-order valence-electron chi connectivity index (χ1n) is 6.29. The Kier molecular flexibility index (Phi) is 3.59. The molecule has 0 aliphatic carbocycles. The van der Waals surface area contributed by atoms with Crippen molar-refractivity contribution >= 4 is 44.1 Å². The predicted molar refractivity (Wildman–Crippen MR) is 88.8 cm³/mol. The molecule has 3 rings (SSSR count). The van der Waals surface area contributed by atoms with E-state index in [0.29, 0.717) is 4.90 Å². The maximum absolute atomic E-state index is 11.1. The zero-order valence-corrected chi connectivity index (χ0v) is 13.5. The molecule has 0 saturated carbocycles. The average molecular weight is 363 g/mol. The van der Waals surface area contributed by atoms with Crippen LogP contribution in [0.3, 0.4) is 0 Å². The molecule has 2 aromatic carbocycles. The number of rotatable bonds is 2. The van der Waals surface area contributed by atoms with E-state index in [2.05, 4.69) is 20.9 Å². The number of thioether (sulfide) groups is 1. The van der Waals surface area contributed by atoms with Crippen LogP contribution in [-0.4, -0.2) is 9.97 Å². The van der Waals surface area contributed by atoms with Gasteiger partial charge >= 0.3 is 0 Å². The Morgan fingerprint density at radius 1 is 1.19 bits per heavy atom. The van der Waals surface area contributed by atoms with Gasteiger partial charge in [0.1, 0.15) is 0 Å². The minimum Gasteiger partial charge on any atom is -0.258 e. The maximum Gasteiger partial charge on any atom is 0.283 e. The fourth-order valence-corrected chi connectivity index (χ4v) is 3.93. The number of nitro groups is 1. The number of halogens is 1. The zero-order chi connectivity index (χ0) is 15.0. The Bertz CT molecular complexity index is 759. The van der Waals surface area contributed by atoms with E-state index < -0.39 is 4.32 Å². The van der Waals surface area contributed by atoms with Crippen LogP contribution in [0, 0.1) is 10.1 Å². The minimum absolute atomic E-state index is 0.101. The van der Waals surface area contributed by atoms with Crippen LogP contribution in [0.25, 0.3) is 0 Å². The van der Waals surface area contributed by atoms with Gasteiger partial charge in [-0.3, -0.25) is 10.1 Å². The quantitative estimate of drug-likeness (QED) is 0.427. The lowest BCUT2D eigenvalue weighted by Crippen LogP contribution is -2.18. The molecular weight excluding hydrogens is 352 g/mol. The van der Waals surface area contributed by atoms with Crippen molar-refractivity contribution < 1.29 is 4.92 Å². The van der Waals surface area contributed by atoms with Crippen molar-refractivity contribution in [2.45, 2.75) is 16.1 Å². The van der Waals surface area contributed by atoms with Crippen LogP contribution in [0.2, 0.25) is 0 Å². The van der Waals surface area contributed by atoms with Crippen LogP contribution in [0.5, 0.6) is 0 Å². The standard InChI is InChI=1S/C15H11BrN2O2S/c1-15(16)10-6-2-3-7-11(10)17-14(15)21-13-9-5-4-8-12(13)18(19)20/h2-9H,1H3. The third kappa shape index (κ3) is 2.49. The molecule has 0 fully saturated rings. The van der Waals surface area contributed by atoms with Crippen molar-refractivity contribution in [3.8, 4) is 0 Å². The number of fused-ring (bicyclic) bond motifs is 1. The Morgan fingerprint density at radius 3 is 2.57 bits per heavy atom. The third-order valence-electron chi connectivity index (χ3n) is 3.30. The van der Waals surface area contributed by atoms with Crippen LogP contribution in [0.4, 0.5) is 11.4 Å². The molecule has 0 spiro atoms. The van der Waals surface area contributed by atoms with E-state index in [-0.39, 0.29) is 10.6 Å². The number of nitro benzene ring substituents is 1. The molecule has 2 aromatic rings. The number of benzene rings is 2. The number of aliphatic imine (C=N–C) groups is 1. The molecule has 106 valence electrons.